The van der Waals surface area contributed by atoms with Crippen LogP contribution in [0, 0.1) is 0 Å². The Hall–Kier alpha value is -0.740. The Morgan fingerprint density at radius 2 is 2.36 bits per heavy atom. The SMILES string of the molecule is COc1cccc2c1[C@@H](O)[C@H](Br)CO2. The Kier molecular flexibility index (Phi) is 2.65. The number of hydrogen-bond donors (Lipinski definition) is 1. The monoisotopic (exact) mass is 258 g/mol. The van der Waals surface area contributed by atoms with E-state index in [4.69, 9.17) is 9.47 Å². The Labute approximate surface area is 90.8 Å². The molecule has 1 aliphatic rings. The molecule has 1 aromatic rings. The Bertz CT molecular complexity index is 326. The molecule has 14 heavy (non-hydrogen) atoms. The Balaban J connectivity index is 2.49. The highest BCUT2D eigenvalue weighted by Crippen LogP contribution is 2.40. The molecule has 2 rings (SSSR count). The molecule has 1 N–H and O–H groups in total. The second-order valence-electron chi connectivity index (χ2n) is 3.14. The van der Waals surface area contributed by atoms with Crippen LogP contribution in [0.5, 0.6) is 11.5 Å². The molecule has 0 aromatic heterocycles. The molecule has 76 valence electrons. The van der Waals surface area contributed by atoms with E-state index in [0.29, 0.717) is 18.1 Å². The van der Waals surface area contributed by atoms with Crippen LogP contribution in [0.1, 0.15) is 11.7 Å². The second-order valence-corrected chi connectivity index (χ2v) is 4.32. The standard InChI is InChI=1S/C10H11BrO3/c1-13-7-3-2-4-8-9(7)10(12)6(11)5-14-8/h2-4,6,10,12H,5H2,1H3/t6-,10+/m1/s1. The zero-order valence-corrected chi connectivity index (χ0v) is 9.32. The molecule has 0 fully saturated rings. The minimum absolute atomic E-state index is 0.0775. The van der Waals surface area contributed by atoms with Crippen LogP contribution in [0.3, 0.4) is 0 Å². The van der Waals surface area contributed by atoms with Crippen molar-refractivity contribution in [3.8, 4) is 11.5 Å². The van der Waals surface area contributed by atoms with E-state index in [1.807, 2.05) is 18.2 Å². The van der Waals surface area contributed by atoms with Crippen molar-refractivity contribution in [3.05, 3.63) is 23.8 Å². The highest BCUT2D eigenvalue weighted by Gasteiger charge is 2.30. The van der Waals surface area contributed by atoms with E-state index in [1.54, 1.807) is 7.11 Å². The summed E-state index contributed by atoms with van der Waals surface area (Å²) in [5.41, 5.74) is 0.725. The summed E-state index contributed by atoms with van der Waals surface area (Å²) in [5, 5.41) is 9.93. The van der Waals surface area contributed by atoms with E-state index < -0.39 is 6.10 Å². The molecule has 1 heterocycles. The minimum atomic E-state index is -0.574. The molecule has 1 aromatic carbocycles. The molecule has 0 bridgehead atoms. The summed E-state index contributed by atoms with van der Waals surface area (Å²) in [6, 6.07) is 5.50. The smallest absolute Gasteiger partial charge is 0.128 e. The number of methoxy groups -OCH3 is 1. The van der Waals surface area contributed by atoms with E-state index in [1.165, 1.54) is 0 Å². The Morgan fingerprint density at radius 3 is 3.07 bits per heavy atom. The zero-order chi connectivity index (χ0) is 10.1. The zero-order valence-electron chi connectivity index (χ0n) is 7.74. The number of halogens is 1. The summed E-state index contributed by atoms with van der Waals surface area (Å²) in [7, 11) is 1.58. The van der Waals surface area contributed by atoms with Gasteiger partial charge in [0.15, 0.2) is 0 Å². The maximum Gasteiger partial charge on any atom is 0.128 e. The molecule has 0 amide bonds. The van der Waals surface area contributed by atoms with Crippen LogP contribution in [-0.4, -0.2) is 23.7 Å². The fraction of sp³-hybridized carbons (Fsp3) is 0.400. The minimum Gasteiger partial charge on any atom is -0.496 e. The maximum absolute atomic E-state index is 9.93. The van der Waals surface area contributed by atoms with Gasteiger partial charge in [-0.2, -0.15) is 0 Å². The predicted octanol–water partition coefficient (Wildman–Crippen LogP) is 1.88. The molecule has 1 aliphatic heterocycles. The molecule has 4 heteroatoms. The van der Waals surface area contributed by atoms with Gasteiger partial charge < -0.3 is 14.6 Å². The molecule has 3 nitrogen and oxygen atoms in total. The van der Waals surface area contributed by atoms with Gasteiger partial charge in [-0.3, -0.25) is 0 Å². The number of aliphatic hydroxyl groups is 1. The summed E-state index contributed by atoms with van der Waals surface area (Å²) < 4.78 is 10.6. The first-order valence-electron chi connectivity index (χ1n) is 4.36. The van der Waals surface area contributed by atoms with Gasteiger partial charge in [0.1, 0.15) is 24.2 Å². The van der Waals surface area contributed by atoms with Crippen LogP contribution in [0.2, 0.25) is 0 Å². The molecule has 2 atom stereocenters. The van der Waals surface area contributed by atoms with Crippen molar-refractivity contribution in [3.63, 3.8) is 0 Å². The third-order valence-electron chi connectivity index (χ3n) is 2.28. The van der Waals surface area contributed by atoms with Gasteiger partial charge in [0.2, 0.25) is 0 Å². The number of hydrogen-bond acceptors (Lipinski definition) is 3. The van der Waals surface area contributed by atoms with Crippen molar-refractivity contribution in [2.24, 2.45) is 0 Å². The highest BCUT2D eigenvalue weighted by atomic mass is 79.9. The summed E-state index contributed by atoms with van der Waals surface area (Å²) in [6.45, 7) is 0.474. The number of alkyl halides is 1. The number of aliphatic hydroxyl groups excluding tert-OH is 1. The first-order chi connectivity index (χ1) is 6.74. The topological polar surface area (TPSA) is 38.7 Å². The van der Waals surface area contributed by atoms with Crippen LogP contribution in [0.25, 0.3) is 0 Å². The van der Waals surface area contributed by atoms with Gasteiger partial charge in [0, 0.05) is 0 Å². The maximum atomic E-state index is 9.93. The van der Waals surface area contributed by atoms with Crippen LogP contribution in [0.4, 0.5) is 0 Å². The molecule has 0 saturated heterocycles. The molecule has 0 unspecified atom stereocenters. The molecule has 0 saturated carbocycles. The van der Waals surface area contributed by atoms with E-state index in [0.717, 1.165) is 5.56 Å². The van der Waals surface area contributed by atoms with Gasteiger partial charge in [-0.15, -0.1) is 0 Å². The lowest BCUT2D eigenvalue weighted by molar-refractivity contribution is 0.121. The van der Waals surface area contributed by atoms with Crippen molar-refractivity contribution in [1.82, 2.24) is 0 Å². The summed E-state index contributed by atoms with van der Waals surface area (Å²) in [4.78, 5) is -0.0775. The molecule has 0 aliphatic carbocycles. The number of benzene rings is 1. The van der Waals surface area contributed by atoms with Crippen LogP contribution < -0.4 is 9.47 Å². The third kappa shape index (κ3) is 1.48. The lowest BCUT2D eigenvalue weighted by Gasteiger charge is -2.27. The molecular weight excluding hydrogens is 248 g/mol. The average Bonchev–Trinajstić information content (AvgIpc) is 2.23. The number of fused-ring (bicyclic) bond motifs is 1. The van der Waals surface area contributed by atoms with E-state index in [9.17, 15) is 5.11 Å². The molecule has 0 radical (unpaired) electrons. The fourth-order valence-electron chi connectivity index (χ4n) is 1.56. The first kappa shape index (κ1) is 9.80. The summed E-state index contributed by atoms with van der Waals surface area (Å²) in [5.74, 6) is 1.37. The Morgan fingerprint density at radius 1 is 1.57 bits per heavy atom. The second kappa shape index (κ2) is 3.79. The normalized spacial score (nSPS) is 25.1. The first-order valence-corrected chi connectivity index (χ1v) is 5.27. The van der Waals surface area contributed by atoms with Gasteiger partial charge in [0.25, 0.3) is 0 Å². The highest BCUT2D eigenvalue weighted by molar-refractivity contribution is 9.09. The van der Waals surface area contributed by atoms with Crippen molar-refractivity contribution in [2.75, 3.05) is 13.7 Å². The molecule has 0 spiro atoms. The fourth-order valence-corrected chi connectivity index (χ4v) is 1.96. The predicted molar refractivity (Wildman–Crippen MR) is 56.2 cm³/mol. The van der Waals surface area contributed by atoms with Crippen LogP contribution in [-0.2, 0) is 0 Å². The summed E-state index contributed by atoms with van der Waals surface area (Å²) in [6.07, 6.45) is -0.574. The average molecular weight is 259 g/mol. The van der Waals surface area contributed by atoms with E-state index >= 15 is 0 Å². The van der Waals surface area contributed by atoms with Crippen LogP contribution >= 0.6 is 15.9 Å². The lowest BCUT2D eigenvalue weighted by Crippen LogP contribution is -2.26. The lowest BCUT2D eigenvalue weighted by atomic mass is 10.0. The van der Waals surface area contributed by atoms with E-state index in [-0.39, 0.29) is 4.83 Å². The van der Waals surface area contributed by atoms with Gasteiger partial charge >= 0.3 is 0 Å². The van der Waals surface area contributed by atoms with E-state index in [2.05, 4.69) is 15.9 Å². The van der Waals surface area contributed by atoms with Crippen molar-refractivity contribution < 1.29 is 14.6 Å². The van der Waals surface area contributed by atoms with Gasteiger partial charge in [0.05, 0.1) is 17.5 Å². The number of ether oxygens (including phenoxy) is 2. The molecular formula is C10H11BrO3. The largest absolute Gasteiger partial charge is 0.496 e. The van der Waals surface area contributed by atoms with Gasteiger partial charge in [-0.25, -0.2) is 0 Å². The third-order valence-corrected chi connectivity index (χ3v) is 3.05. The number of rotatable bonds is 1. The van der Waals surface area contributed by atoms with Crippen molar-refractivity contribution in [1.29, 1.82) is 0 Å². The van der Waals surface area contributed by atoms with Crippen molar-refractivity contribution in [2.45, 2.75) is 10.9 Å². The summed E-state index contributed by atoms with van der Waals surface area (Å²) >= 11 is 3.36. The van der Waals surface area contributed by atoms with Crippen LogP contribution in [0.15, 0.2) is 18.2 Å². The van der Waals surface area contributed by atoms with Gasteiger partial charge in [-0.05, 0) is 12.1 Å². The van der Waals surface area contributed by atoms with Crippen molar-refractivity contribution >= 4 is 15.9 Å². The van der Waals surface area contributed by atoms with Gasteiger partial charge in [-0.1, -0.05) is 22.0 Å². The quantitative estimate of drug-likeness (QED) is 0.782.